The third-order valence-corrected chi connectivity index (χ3v) is 5.97. The van der Waals surface area contributed by atoms with Crippen LogP contribution in [-0.2, 0) is 10.2 Å². The number of rotatable bonds is 6. The highest BCUT2D eigenvalue weighted by molar-refractivity contribution is 6.02. The summed E-state index contributed by atoms with van der Waals surface area (Å²) in [4.78, 5) is 13.3. The predicted molar refractivity (Wildman–Crippen MR) is 117 cm³/mol. The van der Waals surface area contributed by atoms with Gasteiger partial charge in [-0.15, -0.1) is 0 Å². The number of anilines is 1. The Labute approximate surface area is 180 Å². The molecule has 0 radical (unpaired) electrons. The van der Waals surface area contributed by atoms with Crippen LogP contribution in [0.5, 0.6) is 23.0 Å². The first kappa shape index (κ1) is 19.3. The Balaban J connectivity index is 1.41. The van der Waals surface area contributed by atoms with Crippen LogP contribution in [0, 0.1) is 0 Å². The number of ether oxygens (including phenoxy) is 4. The molecule has 6 heteroatoms. The minimum atomic E-state index is -0.527. The second-order valence-electron chi connectivity index (χ2n) is 7.75. The van der Waals surface area contributed by atoms with E-state index >= 15 is 0 Å². The monoisotopic (exact) mass is 417 g/mol. The normalized spacial score (nSPS) is 15.3. The fourth-order valence-electron chi connectivity index (χ4n) is 4.00. The van der Waals surface area contributed by atoms with Crippen molar-refractivity contribution in [2.75, 3.05) is 26.3 Å². The summed E-state index contributed by atoms with van der Waals surface area (Å²) in [5, 5.41) is 3.10. The smallest absolute Gasteiger partial charge is 0.235 e. The van der Waals surface area contributed by atoms with Crippen LogP contribution in [0.15, 0.2) is 60.7 Å². The van der Waals surface area contributed by atoms with Crippen molar-refractivity contribution in [3.05, 3.63) is 66.2 Å². The van der Waals surface area contributed by atoms with Crippen LogP contribution < -0.4 is 24.3 Å². The predicted octanol–water partition coefficient (Wildman–Crippen LogP) is 4.77. The molecule has 1 N–H and O–H groups in total. The minimum Gasteiger partial charge on any atom is -0.497 e. The number of hydrogen-bond acceptors (Lipinski definition) is 5. The fourth-order valence-corrected chi connectivity index (χ4v) is 4.00. The van der Waals surface area contributed by atoms with Gasteiger partial charge in [0.2, 0.25) is 12.7 Å². The van der Waals surface area contributed by atoms with Gasteiger partial charge in [0.1, 0.15) is 11.5 Å². The molecule has 1 aliphatic heterocycles. The molecule has 31 heavy (non-hydrogen) atoms. The molecule has 0 aromatic heterocycles. The molecular formula is C25H23NO5. The highest BCUT2D eigenvalue weighted by atomic mass is 16.7. The van der Waals surface area contributed by atoms with Crippen LogP contribution in [0.25, 0.3) is 11.1 Å². The lowest BCUT2D eigenvalue weighted by Gasteiger charge is -2.18. The van der Waals surface area contributed by atoms with Gasteiger partial charge in [-0.25, -0.2) is 0 Å². The summed E-state index contributed by atoms with van der Waals surface area (Å²) < 4.78 is 21.7. The average molecular weight is 417 g/mol. The van der Waals surface area contributed by atoms with Crippen molar-refractivity contribution in [2.24, 2.45) is 0 Å². The van der Waals surface area contributed by atoms with Crippen molar-refractivity contribution in [1.29, 1.82) is 0 Å². The molecule has 1 heterocycles. The van der Waals surface area contributed by atoms with Gasteiger partial charge in [0.05, 0.1) is 19.6 Å². The Kier molecular flexibility index (Phi) is 4.70. The summed E-state index contributed by atoms with van der Waals surface area (Å²) in [5.74, 6) is 2.92. The van der Waals surface area contributed by atoms with E-state index in [2.05, 4.69) is 5.32 Å². The first-order chi connectivity index (χ1) is 15.1. The maximum Gasteiger partial charge on any atom is 0.235 e. The topological polar surface area (TPSA) is 66.0 Å². The molecule has 6 nitrogen and oxygen atoms in total. The van der Waals surface area contributed by atoms with Crippen molar-refractivity contribution < 1.29 is 23.7 Å². The molecule has 0 unspecified atom stereocenters. The van der Waals surface area contributed by atoms with Crippen LogP contribution >= 0.6 is 0 Å². The molecule has 3 aromatic carbocycles. The van der Waals surface area contributed by atoms with E-state index in [1.165, 1.54) is 0 Å². The zero-order chi connectivity index (χ0) is 21.4. The molecule has 1 aliphatic carbocycles. The Hall–Kier alpha value is -3.67. The van der Waals surface area contributed by atoms with Crippen molar-refractivity contribution in [3.8, 4) is 34.1 Å². The van der Waals surface area contributed by atoms with E-state index in [1.54, 1.807) is 14.2 Å². The molecule has 0 atom stereocenters. The number of benzene rings is 3. The second kappa shape index (κ2) is 7.54. The maximum absolute atomic E-state index is 13.3. The van der Waals surface area contributed by atoms with Gasteiger partial charge in [-0.05, 0) is 66.4 Å². The summed E-state index contributed by atoms with van der Waals surface area (Å²) in [6, 6.07) is 19.2. The SMILES string of the molecule is COc1ccc(-c2cc(NC(=O)C3(c4ccc5c(c4)OCO5)CC3)ccc2OC)cc1. The lowest BCUT2D eigenvalue weighted by Crippen LogP contribution is -2.27. The third-order valence-electron chi connectivity index (χ3n) is 5.97. The van der Waals surface area contributed by atoms with Crippen LogP contribution in [0.2, 0.25) is 0 Å². The van der Waals surface area contributed by atoms with Crippen molar-refractivity contribution in [3.63, 3.8) is 0 Å². The number of fused-ring (bicyclic) bond motifs is 1. The van der Waals surface area contributed by atoms with Gasteiger partial charge in [-0.2, -0.15) is 0 Å². The largest absolute Gasteiger partial charge is 0.497 e. The van der Waals surface area contributed by atoms with E-state index in [1.807, 2.05) is 60.7 Å². The molecule has 1 amide bonds. The molecule has 1 fully saturated rings. The van der Waals surface area contributed by atoms with Crippen LogP contribution in [0.1, 0.15) is 18.4 Å². The van der Waals surface area contributed by atoms with Gasteiger partial charge in [-0.3, -0.25) is 4.79 Å². The number of carbonyl (C=O) groups is 1. The number of carbonyl (C=O) groups excluding carboxylic acids is 1. The number of methoxy groups -OCH3 is 2. The molecular weight excluding hydrogens is 394 g/mol. The zero-order valence-electron chi connectivity index (χ0n) is 17.4. The van der Waals surface area contributed by atoms with Gasteiger partial charge in [0, 0.05) is 11.3 Å². The minimum absolute atomic E-state index is 0.0165. The van der Waals surface area contributed by atoms with Crippen molar-refractivity contribution >= 4 is 11.6 Å². The Morgan fingerprint density at radius 2 is 1.68 bits per heavy atom. The second-order valence-corrected chi connectivity index (χ2v) is 7.75. The van der Waals surface area contributed by atoms with Crippen molar-refractivity contribution in [2.45, 2.75) is 18.3 Å². The van der Waals surface area contributed by atoms with E-state index in [9.17, 15) is 4.79 Å². The van der Waals surface area contributed by atoms with E-state index in [0.29, 0.717) is 5.75 Å². The summed E-state index contributed by atoms with van der Waals surface area (Å²) in [5.41, 5.74) is 3.03. The quantitative estimate of drug-likeness (QED) is 0.626. The number of amides is 1. The van der Waals surface area contributed by atoms with Crippen molar-refractivity contribution in [1.82, 2.24) is 0 Å². The number of hydrogen-bond donors (Lipinski definition) is 1. The fraction of sp³-hybridized carbons (Fsp3) is 0.240. The third kappa shape index (κ3) is 3.44. The lowest BCUT2D eigenvalue weighted by molar-refractivity contribution is -0.118. The molecule has 3 aromatic rings. The molecule has 2 aliphatic rings. The summed E-state index contributed by atoms with van der Waals surface area (Å²) in [6.45, 7) is 0.220. The van der Waals surface area contributed by atoms with Crippen LogP contribution in [0.3, 0.4) is 0 Å². The first-order valence-corrected chi connectivity index (χ1v) is 10.2. The maximum atomic E-state index is 13.3. The molecule has 5 rings (SSSR count). The van der Waals surface area contributed by atoms with Gasteiger partial charge >= 0.3 is 0 Å². The zero-order valence-corrected chi connectivity index (χ0v) is 17.4. The molecule has 0 bridgehead atoms. The van der Waals surface area contributed by atoms with Crippen LogP contribution in [-0.4, -0.2) is 26.9 Å². The van der Waals surface area contributed by atoms with E-state index < -0.39 is 5.41 Å². The Morgan fingerprint density at radius 3 is 2.39 bits per heavy atom. The lowest BCUT2D eigenvalue weighted by atomic mass is 9.94. The van der Waals surface area contributed by atoms with Gasteiger partial charge in [0.15, 0.2) is 11.5 Å². The van der Waals surface area contributed by atoms with Gasteiger partial charge in [0.25, 0.3) is 0 Å². The molecule has 0 spiro atoms. The molecule has 158 valence electrons. The molecule has 1 saturated carbocycles. The summed E-state index contributed by atoms with van der Waals surface area (Å²) >= 11 is 0. The first-order valence-electron chi connectivity index (χ1n) is 10.2. The highest BCUT2D eigenvalue weighted by Crippen LogP contribution is 2.51. The van der Waals surface area contributed by atoms with E-state index in [-0.39, 0.29) is 12.7 Å². The summed E-state index contributed by atoms with van der Waals surface area (Å²) in [7, 11) is 3.28. The van der Waals surface area contributed by atoms with E-state index in [0.717, 1.165) is 52.5 Å². The van der Waals surface area contributed by atoms with E-state index in [4.69, 9.17) is 18.9 Å². The molecule has 0 saturated heterocycles. The highest BCUT2D eigenvalue weighted by Gasteiger charge is 2.51. The Morgan fingerprint density at radius 1 is 0.903 bits per heavy atom. The Bertz CT molecular complexity index is 1140. The number of nitrogens with one attached hydrogen (secondary N) is 1. The average Bonchev–Trinajstić information content (AvgIpc) is 3.50. The van der Waals surface area contributed by atoms with Crippen LogP contribution in [0.4, 0.5) is 5.69 Å². The summed E-state index contributed by atoms with van der Waals surface area (Å²) in [6.07, 6.45) is 1.61. The van der Waals surface area contributed by atoms with Gasteiger partial charge < -0.3 is 24.3 Å². The standard InChI is InChI=1S/C25H23NO5/c1-28-19-7-3-16(4-8-19)20-14-18(6-10-21(20)29-2)26-24(27)25(11-12-25)17-5-9-22-23(13-17)31-15-30-22/h3-10,13-14H,11-12,15H2,1-2H3,(H,26,27). The van der Waals surface area contributed by atoms with Gasteiger partial charge in [-0.1, -0.05) is 18.2 Å².